The van der Waals surface area contributed by atoms with Crippen LogP contribution in [0.1, 0.15) is 24.4 Å². The molecule has 0 saturated heterocycles. The van der Waals surface area contributed by atoms with Crippen molar-refractivity contribution in [2.45, 2.75) is 37.1 Å². The van der Waals surface area contributed by atoms with Crippen LogP contribution in [-0.4, -0.2) is 33.7 Å². The van der Waals surface area contributed by atoms with Crippen LogP contribution in [0.2, 0.25) is 0 Å². The van der Waals surface area contributed by atoms with Gasteiger partial charge >= 0.3 is 0 Å². The van der Waals surface area contributed by atoms with Crippen LogP contribution >= 0.6 is 23.1 Å². The molecule has 7 nitrogen and oxygen atoms in total. The first-order valence-electron chi connectivity index (χ1n) is 13.4. The van der Waals surface area contributed by atoms with Crippen LogP contribution in [0.25, 0.3) is 16.3 Å². The molecular formula is C32H34N2O5S3. The van der Waals surface area contributed by atoms with Gasteiger partial charge in [0.1, 0.15) is 32.9 Å². The van der Waals surface area contributed by atoms with E-state index in [-0.39, 0.29) is 4.90 Å². The van der Waals surface area contributed by atoms with Gasteiger partial charge in [-0.05, 0) is 63.2 Å². The summed E-state index contributed by atoms with van der Waals surface area (Å²) >= 11 is 3.57. The number of thioether (sulfide) groups is 1. The molecule has 3 aromatic carbocycles. The Morgan fingerprint density at radius 3 is 2.26 bits per heavy atom. The van der Waals surface area contributed by atoms with Gasteiger partial charge in [0.15, 0.2) is 0 Å². The fraction of sp³-hybridized carbons (Fsp3) is 0.219. The Morgan fingerprint density at radius 2 is 1.62 bits per heavy atom. The monoisotopic (exact) mass is 622 g/mol. The van der Waals surface area contributed by atoms with E-state index in [0.29, 0.717) is 0 Å². The molecule has 1 aromatic heterocycles. The van der Waals surface area contributed by atoms with E-state index in [4.69, 9.17) is 9.47 Å². The van der Waals surface area contributed by atoms with Gasteiger partial charge in [0.05, 0.1) is 29.8 Å². The minimum atomic E-state index is -4.27. The highest BCUT2D eigenvalue weighted by Crippen LogP contribution is 2.47. The van der Waals surface area contributed by atoms with Crippen LogP contribution in [0, 0.1) is 6.92 Å². The lowest BCUT2D eigenvalue weighted by molar-refractivity contribution is -0.665. The van der Waals surface area contributed by atoms with E-state index in [1.54, 1.807) is 49.5 Å². The summed E-state index contributed by atoms with van der Waals surface area (Å²) in [5.41, 5.74) is 3.42. The fourth-order valence-corrected chi connectivity index (χ4v) is 7.17. The summed E-state index contributed by atoms with van der Waals surface area (Å²) in [7, 11) is -0.853. The van der Waals surface area contributed by atoms with Crippen molar-refractivity contribution in [3.05, 3.63) is 101 Å². The van der Waals surface area contributed by atoms with E-state index in [9.17, 15) is 13.0 Å². The maximum absolute atomic E-state index is 10.4. The lowest BCUT2D eigenvalue weighted by Gasteiger charge is -2.17. The Bertz CT molecular complexity index is 1740. The summed E-state index contributed by atoms with van der Waals surface area (Å²) in [4.78, 5) is 3.39. The zero-order valence-electron chi connectivity index (χ0n) is 24.2. The van der Waals surface area contributed by atoms with Gasteiger partial charge < -0.3 is 18.9 Å². The van der Waals surface area contributed by atoms with E-state index in [1.807, 2.05) is 19.1 Å². The summed E-state index contributed by atoms with van der Waals surface area (Å²) in [6.07, 6.45) is 10.7. The van der Waals surface area contributed by atoms with Gasteiger partial charge in [-0.3, -0.25) is 0 Å². The molecule has 0 unspecified atom stereocenters. The topological polar surface area (TPSA) is 82.8 Å². The van der Waals surface area contributed by atoms with Crippen LogP contribution < -0.4 is 18.9 Å². The average molecular weight is 623 g/mol. The van der Waals surface area contributed by atoms with Crippen LogP contribution in [0.4, 0.5) is 5.69 Å². The van der Waals surface area contributed by atoms with E-state index in [0.717, 1.165) is 30.2 Å². The van der Waals surface area contributed by atoms with Gasteiger partial charge in [-0.1, -0.05) is 59.0 Å². The van der Waals surface area contributed by atoms with Gasteiger partial charge in [0.2, 0.25) is 5.52 Å². The van der Waals surface area contributed by atoms with Crippen molar-refractivity contribution in [2.24, 2.45) is 0 Å². The summed E-state index contributed by atoms with van der Waals surface area (Å²) in [6, 6.07) is 18.3. The zero-order chi connectivity index (χ0) is 30.3. The van der Waals surface area contributed by atoms with Crippen LogP contribution in [0.5, 0.6) is 11.5 Å². The van der Waals surface area contributed by atoms with E-state index < -0.39 is 10.1 Å². The number of methoxy groups -OCH3 is 2. The van der Waals surface area contributed by atoms with Crippen molar-refractivity contribution in [1.82, 2.24) is 0 Å². The predicted molar refractivity (Wildman–Crippen MR) is 172 cm³/mol. The lowest BCUT2D eigenvalue weighted by atomic mass is 10.2. The normalized spacial score (nSPS) is 14.0. The quantitative estimate of drug-likeness (QED) is 0.117. The van der Waals surface area contributed by atoms with Crippen molar-refractivity contribution in [3.63, 3.8) is 0 Å². The third-order valence-corrected chi connectivity index (χ3v) is 9.59. The number of nitrogens with zero attached hydrogens (tertiary/aromatic N) is 2. The first-order chi connectivity index (χ1) is 20.2. The lowest BCUT2D eigenvalue weighted by Crippen LogP contribution is -2.33. The van der Waals surface area contributed by atoms with E-state index in [1.165, 1.54) is 43.0 Å². The number of ether oxygens (including phenoxy) is 2. The number of aryl methyl sites for hydroxylation is 2. The molecule has 42 heavy (non-hydrogen) atoms. The molecule has 0 aliphatic carbocycles. The minimum Gasteiger partial charge on any atom is -0.744 e. The number of benzene rings is 3. The highest BCUT2D eigenvalue weighted by molar-refractivity contribution is 8.03. The van der Waals surface area contributed by atoms with Gasteiger partial charge in [0.25, 0.3) is 5.01 Å². The molecule has 0 saturated carbocycles. The Balaban J connectivity index is 0.000000310. The van der Waals surface area contributed by atoms with Crippen molar-refractivity contribution < 1.29 is 27.0 Å². The molecule has 0 N–H and O–H groups in total. The Kier molecular flexibility index (Phi) is 10.5. The molecular weight excluding hydrogens is 589 g/mol. The van der Waals surface area contributed by atoms with Gasteiger partial charge in [-0.2, -0.15) is 4.57 Å². The molecule has 0 amide bonds. The summed E-state index contributed by atoms with van der Waals surface area (Å²) < 4.78 is 45.5. The second-order valence-corrected chi connectivity index (χ2v) is 12.7. The highest BCUT2D eigenvalue weighted by Gasteiger charge is 2.23. The number of thiazole rings is 1. The molecule has 0 bridgehead atoms. The van der Waals surface area contributed by atoms with Crippen molar-refractivity contribution in [1.29, 1.82) is 0 Å². The molecule has 0 atom stereocenters. The number of rotatable bonds is 8. The molecule has 1 aliphatic rings. The molecule has 1 aliphatic heterocycles. The summed E-state index contributed by atoms with van der Waals surface area (Å²) in [5, 5.41) is 2.46. The third kappa shape index (κ3) is 7.43. The van der Waals surface area contributed by atoms with Gasteiger partial charge in [-0.15, -0.1) is 0 Å². The molecule has 0 fully saturated rings. The standard InChI is InChI=1S/C25H27N2O2S2.C7H8O3S/c1-5-26-20-14-12-18(28-3)16-22(20)30-24(26)10-8-7-9-11-25-27(6-2)21-15-13-19(29-4)17-23(21)31-25;1-6-2-4-7(5-3-6)11(8,9)10/h7-17H,5-6H2,1-4H3;2-5H,1H3,(H,8,9,10)/q+1;/p-1. The number of anilines is 1. The smallest absolute Gasteiger partial charge is 0.262 e. The number of aromatic nitrogens is 1. The predicted octanol–water partition coefficient (Wildman–Crippen LogP) is 7.17. The number of fused-ring (bicyclic) bond motifs is 2. The zero-order valence-corrected chi connectivity index (χ0v) is 26.7. The van der Waals surface area contributed by atoms with E-state index in [2.05, 4.69) is 78.0 Å². The van der Waals surface area contributed by atoms with E-state index >= 15 is 0 Å². The SMILES string of the molecule is CCN1/C(=C/C=C/C=C/c2sc3cc(OC)ccc3[n+]2CC)Sc2cc(OC)ccc21.Cc1ccc(S(=O)(=O)[O-])cc1. The molecule has 2 heterocycles. The minimum absolute atomic E-state index is 0.178. The van der Waals surface area contributed by atoms with Gasteiger partial charge in [-0.25, -0.2) is 8.42 Å². The van der Waals surface area contributed by atoms with Crippen LogP contribution in [0.3, 0.4) is 0 Å². The fourth-order valence-electron chi connectivity index (χ4n) is 4.37. The molecule has 0 radical (unpaired) electrons. The molecule has 5 rings (SSSR count). The second kappa shape index (κ2) is 14.1. The van der Waals surface area contributed by atoms with Crippen molar-refractivity contribution in [2.75, 3.05) is 25.7 Å². The number of hydrogen-bond acceptors (Lipinski definition) is 8. The number of allylic oxidation sites excluding steroid dienone is 4. The summed E-state index contributed by atoms with van der Waals surface area (Å²) in [6.45, 7) is 8.04. The maximum atomic E-state index is 10.4. The Labute approximate surface area is 256 Å². The highest BCUT2D eigenvalue weighted by atomic mass is 32.2. The second-order valence-electron chi connectivity index (χ2n) is 9.21. The molecule has 220 valence electrons. The molecule has 0 spiro atoms. The maximum Gasteiger partial charge on any atom is 0.262 e. The number of hydrogen-bond donors (Lipinski definition) is 0. The van der Waals surface area contributed by atoms with Gasteiger partial charge in [0, 0.05) is 29.6 Å². The Hall–Kier alpha value is -3.57. The largest absolute Gasteiger partial charge is 0.744 e. The first-order valence-corrected chi connectivity index (χ1v) is 16.4. The average Bonchev–Trinajstić information content (AvgIpc) is 3.52. The summed E-state index contributed by atoms with van der Waals surface area (Å²) in [5.74, 6) is 1.79. The van der Waals surface area contributed by atoms with Crippen LogP contribution in [0.15, 0.2) is 99.8 Å². The van der Waals surface area contributed by atoms with Crippen molar-refractivity contribution in [3.8, 4) is 11.5 Å². The molecule has 10 heteroatoms. The van der Waals surface area contributed by atoms with Crippen LogP contribution in [-0.2, 0) is 16.7 Å². The first kappa shape index (κ1) is 31.4. The third-order valence-electron chi connectivity index (χ3n) is 6.52. The Morgan fingerprint density at radius 1 is 0.929 bits per heavy atom. The van der Waals surface area contributed by atoms with Crippen molar-refractivity contribution >= 4 is 55.2 Å². The molecule has 4 aromatic rings.